The van der Waals surface area contributed by atoms with E-state index >= 15 is 0 Å². The lowest BCUT2D eigenvalue weighted by Gasteiger charge is -2.14. The first kappa shape index (κ1) is 18.4. The van der Waals surface area contributed by atoms with E-state index in [4.69, 9.17) is 0 Å². The first-order chi connectivity index (χ1) is 11.3. The van der Waals surface area contributed by atoms with Gasteiger partial charge in [-0.25, -0.2) is 8.42 Å². The molecule has 24 heavy (non-hydrogen) atoms. The summed E-state index contributed by atoms with van der Waals surface area (Å²) in [6.07, 6.45) is 2.26. The van der Waals surface area contributed by atoms with Crippen molar-refractivity contribution in [3.8, 4) is 0 Å². The molecule has 0 saturated carbocycles. The van der Waals surface area contributed by atoms with Crippen molar-refractivity contribution in [2.45, 2.75) is 51.0 Å². The Morgan fingerprint density at radius 1 is 1.21 bits per heavy atom. The van der Waals surface area contributed by atoms with E-state index < -0.39 is 10.0 Å². The van der Waals surface area contributed by atoms with Gasteiger partial charge in [0.2, 0.25) is 5.91 Å². The summed E-state index contributed by atoms with van der Waals surface area (Å²) >= 11 is 0. The first-order valence-corrected chi connectivity index (χ1v) is 9.74. The van der Waals surface area contributed by atoms with E-state index in [-0.39, 0.29) is 29.8 Å². The summed E-state index contributed by atoms with van der Waals surface area (Å²) in [6, 6.07) is 6.83. The fourth-order valence-corrected chi connectivity index (χ4v) is 3.77. The van der Waals surface area contributed by atoms with Gasteiger partial charge in [-0.2, -0.15) is 0 Å². The molecule has 1 amide bonds. The molecular formula is C17H25N3O3S. The van der Waals surface area contributed by atoms with Gasteiger partial charge in [0, 0.05) is 18.0 Å². The lowest BCUT2D eigenvalue weighted by Crippen LogP contribution is -2.33. The van der Waals surface area contributed by atoms with Gasteiger partial charge >= 0.3 is 0 Å². The Balaban J connectivity index is 1.88. The molecule has 1 aliphatic heterocycles. The Morgan fingerprint density at radius 2 is 1.92 bits per heavy atom. The number of rotatable bonds is 7. The van der Waals surface area contributed by atoms with Crippen LogP contribution < -0.4 is 10.0 Å². The summed E-state index contributed by atoms with van der Waals surface area (Å²) in [7, 11) is -3.52. The van der Waals surface area contributed by atoms with Crippen molar-refractivity contribution in [3.05, 3.63) is 29.8 Å². The molecule has 0 aliphatic carbocycles. The van der Waals surface area contributed by atoms with Crippen molar-refractivity contribution in [2.24, 2.45) is 10.9 Å². The third-order valence-corrected chi connectivity index (χ3v) is 5.25. The number of benzene rings is 1. The molecule has 0 fully saturated rings. The molecule has 0 radical (unpaired) electrons. The van der Waals surface area contributed by atoms with E-state index in [0.717, 1.165) is 12.8 Å². The molecule has 132 valence electrons. The monoisotopic (exact) mass is 351 g/mol. The topological polar surface area (TPSA) is 87.6 Å². The number of aliphatic imine (C=N–C) groups is 1. The number of sulfonamides is 1. The fraction of sp³-hybridized carbons (Fsp3) is 0.529. The highest BCUT2D eigenvalue weighted by molar-refractivity contribution is 7.90. The van der Waals surface area contributed by atoms with Crippen LogP contribution >= 0.6 is 0 Å². The average molecular weight is 351 g/mol. The van der Waals surface area contributed by atoms with Gasteiger partial charge in [0.15, 0.2) is 0 Å². The third-order valence-electron chi connectivity index (χ3n) is 3.86. The highest BCUT2D eigenvalue weighted by atomic mass is 32.2. The van der Waals surface area contributed by atoms with Crippen molar-refractivity contribution in [1.82, 2.24) is 10.0 Å². The van der Waals surface area contributed by atoms with Crippen LogP contribution in [-0.2, 0) is 14.8 Å². The lowest BCUT2D eigenvalue weighted by molar-refractivity contribution is -0.121. The summed E-state index contributed by atoms with van der Waals surface area (Å²) < 4.78 is 26.4. The third kappa shape index (κ3) is 4.80. The number of carbonyl (C=O) groups is 1. The zero-order valence-electron chi connectivity index (χ0n) is 14.4. The highest BCUT2D eigenvalue weighted by Crippen LogP contribution is 2.22. The van der Waals surface area contributed by atoms with Gasteiger partial charge in [-0.3, -0.25) is 14.5 Å². The Kier molecular flexibility index (Phi) is 5.99. The van der Waals surface area contributed by atoms with Gasteiger partial charge < -0.3 is 5.32 Å². The second kappa shape index (κ2) is 7.79. The predicted molar refractivity (Wildman–Crippen MR) is 94.5 cm³/mol. The number of amides is 1. The minimum absolute atomic E-state index is 0.0651. The maximum atomic E-state index is 12.0. The second-order valence-electron chi connectivity index (χ2n) is 6.52. The van der Waals surface area contributed by atoms with E-state index in [1.165, 1.54) is 0 Å². The molecule has 0 spiro atoms. The van der Waals surface area contributed by atoms with Crippen LogP contribution in [0.4, 0.5) is 0 Å². The zero-order chi connectivity index (χ0) is 17.7. The molecule has 0 bridgehead atoms. The quantitative estimate of drug-likeness (QED) is 0.788. The molecular weight excluding hydrogens is 326 g/mol. The van der Waals surface area contributed by atoms with Crippen LogP contribution in [-0.4, -0.2) is 32.7 Å². The molecule has 1 aliphatic rings. The predicted octanol–water partition coefficient (Wildman–Crippen LogP) is 2.06. The Morgan fingerprint density at radius 3 is 2.62 bits per heavy atom. The van der Waals surface area contributed by atoms with Crippen molar-refractivity contribution in [3.63, 3.8) is 0 Å². The summed E-state index contributed by atoms with van der Waals surface area (Å²) in [5.74, 6) is 0.863. The minimum atomic E-state index is -3.52. The molecule has 1 aromatic carbocycles. The van der Waals surface area contributed by atoms with Crippen molar-refractivity contribution in [2.75, 3.05) is 6.54 Å². The molecule has 1 unspecified atom stereocenters. The van der Waals surface area contributed by atoms with Crippen molar-refractivity contribution in [1.29, 1.82) is 0 Å². The summed E-state index contributed by atoms with van der Waals surface area (Å²) in [4.78, 5) is 16.4. The largest absolute Gasteiger partial charge is 0.354 e. The van der Waals surface area contributed by atoms with Crippen LogP contribution in [0.15, 0.2) is 34.2 Å². The minimum Gasteiger partial charge on any atom is -0.354 e. The smallest absolute Gasteiger partial charge is 0.263 e. The highest BCUT2D eigenvalue weighted by Gasteiger charge is 2.29. The standard InChI is InChI=1S/C17H25N3O3S/c1-12(2)8-9-13(3)19-16(21)10-11-18-17-14-6-4-5-7-15(14)24(22,23)20-17/h4-7,12-13H,8-11H2,1-3H3,(H,18,20)(H,19,21). The van der Waals surface area contributed by atoms with Gasteiger partial charge in [-0.15, -0.1) is 0 Å². The second-order valence-corrected chi connectivity index (χ2v) is 8.17. The first-order valence-electron chi connectivity index (χ1n) is 8.25. The maximum Gasteiger partial charge on any atom is 0.263 e. The van der Waals surface area contributed by atoms with Crippen LogP contribution in [0.25, 0.3) is 0 Å². The fourth-order valence-electron chi connectivity index (χ4n) is 2.52. The van der Waals surface area contributed by atoms with Gasteiger partial charge in [-0.1, -0.05) is 26.0 Å². The SMILES string of the molecule is CC(C)CCC(C)NC(=O)CCN=C1NS(=O)(=O)c2ccccc21. The maximum absolute atomic E-state index is 12.0. The van der Waals surface area contributed by atoms with Gasteiger partial charge in [0.05, 0.1) is 11.4 Å². The van der Waals surface area contributed by atoms with Crippen LogP contribution in [0.2, 0.25) is 0 Å². The molecule has 2 N–H and O–H groups in total. The molecule has 1 atom stereocenters. The summed E-state index contributed by atoms with van der Waals surface area (Å²) in [5.41, 5.74) is 0.559. The number of carbonyl (C=O) groups excluding carboxylic acids is 1. The summed E-state index contributed by atoms with van der Waals surface area (Å²) in [5, 5.41) is 2.95. The van der Waals surface area contributed by atoms with E-state index in [0.29, 0.717) is 17.3 Å². The molecule has 2 rings (SSSR count). The zero-order valence-corrected chi connectivity index (χ0v) is 15.2. The van der Waals surface area contributed by atoms with E-state index in [1.54, 1.807) is 24.3 Å². The Bertz CT molecular complexity index is 726. The molecule has 0 saturated heterocycles. The number of nitrogens with one attached hydrogen (secondary N) is 2. The van der Waals surface area contributed by atoms with Crippen molar-refractivity contribution < 1.29 is 13.2 Å². The van der Waals surface area contributed by atoms with E-state index in [1.807, 2.05) is 6.92 Å². The molecule has 6 nitrogen and oxygen atoms in total. The molecule has 1 aromatic rings. The molecule has 7 heteroatoms. The van der Waals surface area contributed by atoms with Crippen LogP contribution in [0, 0.1) is 5.92 Å². The summed E-state index contributed by atoms with van der Waals surface area (Å²) in [6.45, 7) is 6.55. The number of hydrogen-bond donors (Lipinski definition) is 2. The number of fused-ring (bicyclic) bond motifs is 1. The normalized spacial score (nSPS) is 18.2. The van der Waals surface area contributed by atoms with E-state index in [9.17, 15) is 13.2 Å². The van der Waals surface area contributed by atoms with Crippen LogP contribution in [0.1, 0.15) is 45.6 Å². The number of amidine groups is 1. The molecule has 1 heterocycles. The average Bonchev–Trinajstić information content (AvgIpc) is 2.77. The van der Waals surface area contributed by atoms with Gasteiger partial charge in [0.1, 0.15) is 5.84 Å². The van der Waals surface area contributed by atoms with E-state index in [2.05, 4.69) is 28.9 Å². The Labute approximate surface area is 143 Å². The number of hydrogen-bond acceptors (Lipinski definition) is 4. The number of nitrogens with zero attached hydrogens (tertiary/aromatic N) is 1. The Hall–Kier alpha value is -1.89. The van der Waals surface area contributed by atoms with Crippen LogP contribution in [0.5, 0.6) is 0 Å². The molecule has 0 aromatic heterocycles. The van der Waals surface area contributed by atoms with Crippen molar-refractivity contribution >= 4 is 21.8 Å². The lowest BCUT2D eigenvalue weighted by atomic mass is 10.0. The van der Waals surface area contributed by atoms with Crippen LogP contribution in [0.3, 0.4) is 0 Å². The van der Waals surface area contributed by atoms with Gasteiger partial charge in [0.25, 0.3) is 10.0 Å². The van der Waals surface area contributed by atoms with Gasteiger partial charge in [-0.05, 0) is 37.8 Å².